The summed E-state index contributed by atoms with van der Waals surface area (Å²) in [7, 11) is 0. The maximum Gasteiger partial charge on any atom is 0.255 e. The lowest BCUT2D eigenvalue weighted by Crippen LogP contribution is -2.36. The van der Waals surface area contributed by atoms with E-state index in [0.29, 0.717) is 18.0 Å². The van der Waals surface area contributed by atoms with Crippen molar-refractivity contribution in [3.05, 3.63) is 59.8 Å². The van der Waals surface area contributed by atoms with E-state index < -0.39 is 0 Å². The number of thioether (sulfide) groups is 1. The van der Waals surface area contributed by atoms with Crippen LogP contribution >= 0.6 is 11.8 Å². The van der Waals surface area contributed by atoms with E-state index in [4.69, 9.17) is 4.74 Å². The second-order valence-electron chi connectivity index (χ2n) is 6.50. The topological polar surface area (TPSA) is 42.4 Å². The van der Waals surface area contributed by atoms with Gasteiger partial charge in [-0.15, -0.1) is 0 Å². The van der Waals surface area contributed by atoms with Crippen LogP contribution in [-0.2, 0) is 6.54 Å². The first-order valence-electron chi connectivity index (χ1n) is 8.69. The van der Waals surface area contributed by atoms with E-state index in [9.17, 15) is 4.79 Å². The molecule has 0 saturated carbocycles. The van der Waals surface area contributed by atoms with Crippen LogP contribution in [0, 0.1) is 0 Å². The Morgan fingerprint density at radius 2 is 2.08 bits per heavy atom. The zero-order valence-electron chi connectivity index (χ0n) is 14.7. The molecule has 2 aromatic rings. The van der Waals surface area contributed by atoms with Gasteiger partial charge in [-0.3, -0.25) is 4.79 Å². The highest BCUT2D eigenvalue weighted by molar-refractivity contribution is 7.99. The highest BCUT2D eigenvalue weighted by Gasteiger charge is 2.21. The van der Waals surface area contributed by atoms with Crippen LogP contribution in [-0.4, -0.2) is 39.4 Å². The molecule has 1 amide bonds. The molecule has 1 saturated heterocycles. The number of nitrogens with zero attached hydrogens (tertiary/aromatic N) is 2. The fourth-order valence-electron chi connectivity index (χ4n) is 2.79. The summed E-state index contributed by atoms with van der Waals surface area (Å²) in [6.45, 7) is 4.65. The molecule has 4 nitrogen and oxygen atoms in total. The number of amides is 1. The van der Waals surface area contributed by atoms with Gasteiger partial charge in [0.2, 0.25) is 5.88 Å². The molecular weight excluding hydrogens is 332 g/mol. The average molecular weight is 356 g/mol. The Morgan fingerprint density at radius 1 is 1.28 bits per heavy atom. The van der Waals surface area contributed by atoms with Crippen LogP contribution in [0.3, 0.4) is 0 Å². The highest BCUT2D eigenvalue weighted by atomic mass is 32.2. The minimum absolute atomic E-state index is 0.00525. The molecule has 0 N–H and O–H groups in total. The lowest BCUT2D eigenvalue weighted by Gasteiger charge is -2.27. The third-order valence-electron chi connectivity index (χ3n) is 4.24. The molecule has 1 aliphatic heterocycles. The molecule has 0 radical (unpaired) electrons. The molecule has 3 rings (SSSR count). The van der Waals surface area contributed by atoms with Crippen molar-refractivity contribution in [1.82, 2.24) is 9.88 Å². The summed E-state index contributed by atoms with van der Waals surface area (Å²) in [5.74, 6) is 2.75. The molecule has 1 aliphatic rings. The number of carbonyl (C=O) groups is 1. The smallest absolute Gasteiger partial charge is 0.255 e. The summed E-state index contributed by atoms with van der Waals surface area (Å²) in [5, 5.41) is 0. The number of carbonyl (C=O) groups excluding carboxylic acids is 1. The van der Waals surface area contributed by atoms with Crippen molar-refractivity contribution in [3.63, 3.8) is 0 Å². The largest absolute Gasteiger partial charge is 0.473 e. The number of ether oxygens (including phenoxy) is 1. The first-order valence-corrected chi connectivity index (χ1v) is 9.84. The van der Waals surface area contributed by atoms with Gasteiger partial charge in [0, 0.05) is 30.6 Å². The third-order valence-corrected chi connectivity index (χ3v) is 5.37. The fourth-order valence-corrected chi connectivity index (χ4v) is 3.88. The van der Waals surface area contributed by atoms with E-state index in [2.05, 4.69) is 4.98 Å². The summed E-state index contributed by atoms with van der Waals surface area (Å²) in [4.78, 5) is 19.1. The number of hydrogen-bond acceptors (Lipinski definition) is 4. The predicted molar refractivity (Wildman–Crippen MR) is 102 cm³/mol. The average Bonchev–Trinajstić information content (AvgIpc) is 3.13. The molecule has 0 bridgehead atoms. The van der Waals surface area contributed by atoms with Crippen LogP contribution in [0.4, 0.5) is 0 Å². The van der Waals surface area contributed by atoms with Gasteiger partial charge in [0.15, 0.2) is 0 Å². The van der Waals surface area contributed by atoms with E-state index in [1.165, 1.54) is 0 Å². The Hall–Kier alpha value is -2.01. The number of pyridine rings is 1. The van der Waals surface area contributed by atoms with Gasteiger partial charge >= 0.3 is 0 Å². The van der Waals surface area contributed by atoms with Gasteiger partial charge in [0.25, 0.3) is 5.91 Å². The Bertz CT molecular complexity index is 683. The highest BCUT2D eigenvalue weighted by Crippen LogP contribution is 2.22. The number of hydrogen-bond donors (Lipinski definition) is 0. The lowest BCUT2D eigenvalue weighted by molar-refractivity contribution is 0.0690. The van der Waals surface area contributed by atoms with E-state index in [-0.39, 0.29) is 18.1 Å². The molecule has 2 heterocycles. The second kappa shape index (κ2) is 8.39. The minimum Gasteiger partial charge on any atom is -0.473 e. The van der Waals surface area contributed by atoms with Gasteiger partial charge in [-0.05, 0) is 37.7 Å². The van der Waals surface area contributed by atoms with Crippen molar-refractivity contribution < 1.29 is 9.53 Å². The van der Waals surface area contributed by atoms with Crippen LogP contribution in [0.1, 0.15) is 36.2 Å². The normalized spacial score (nSPS) is 16.8. The van der Waals surface area contributed by atoms with Gasteiger partial charge in [-0.1, -0.05) is 30.3 Å². The molecule has 5 heteroatoms. The Balaban J connectivity index is 1.68. The second-order valence-corrected chi connectivity index (χ2v) is 7.65. The summed E-state index contributed by atoms with van der Waals surface area (Å²) in [6.07, 6.45) is 2.93. The zero-order chi connectivity index (χ0) is 17.6. The first kappa shape index (κ1) is 17.8. The lowest BCUT2D eigenvalue weighted by atomic mass is 10.1. The standard InChI is InChI=1S/C20H24N2O2S/c1-15(2)22(13-16-6-4-3-5-7-16)20(23)17-8-9-19(21-12-17)24-18-10-11-25-14-18/h3-9,12,15,18H,10-11,13-14H2,1-2H3. The van der Waals surface area contributed by atoms with Crippen molar-refractivity contribution in [2.75, 3.05) is 11.5 Å². The molecule has 0 spiro atoms. The molecule has 1 unspecified atom stereocenters. The number of rotatable bonds is 6. The van der Waals surface area contributed by atoms with Crippen LogP contribution in [0.15, 0.2) is 48.7 Å². The van der Waals surface area contributed by atoms with E-state index in [1.54, 1.807) is 12.3 Å². The zero-order valence-corrected chi connectivity index (χ0v) is 15.5. The van der Waals surface area contributed by atoms with Crippen molar-refractivity contribution in [3.8, 4) is 5.88 Å². The van der Waals surface area contributed by atoms with Crippen molar-refractivity contribution in [2.24, 2.45) is 0 Å². The Morgan fingerprint density at radius 3 is 2.68 bits per heavy atom. The Labute approximate surface area is 153 Å². The van der Waals surface area contributed by atoms with Gasteiger partial charge in [-0.25, -0.2) is 4.98 Å². The maximum absolute atomic E-state index is 12.9. The monoisotopic (exact) mass is 356 g/mol. The van der Waals surface area contributed by atoms with E-state index >= 15 is 0 Å². The minimum atomic E-state index is -0.00525. The summed E-state index contributed by atoms with van der Waals surface area (Å²) in [5.41, 5.74) is 1.72. The SMILES string of the molecule is CC(C)N(Cc1ccccc1)C(=O)c1ccc(OC2CCSC2)nc1. The van der Waals surface area contributed by atoms with Gasteiger partial charge < -0.3 is 9.64 Å². The molecule has 1 aromatic carbocycles. The molecular formula is C20H24N2O2S. The van der Waals surface area contributed by atoms with Gasteiger partial charge in [0.05, 0.1) is 5.56 Å². The predicted octanol–water partition coefficient (Wildman–Crippen LogP) is 4.02. The van der Waals surface area contributed by atoms with Crippen LogP contribution in [0.5, 0.6) is 5.88 Å². The maximum atomic E-state index is 12.9. The molecule has 1 aromatic heterocycles. The van der Waals surface area contributed by atoms with Gasteiger partial charge in [-0.2, -0.15) is 11.8 Å². The molecule has 1 atom stereocenters. The molecule has 0 aliphatic carbocycles. The Kier molecular flexibility index (Phi) is 5.97. The van der Waals surface area contributed by atoms with Crippen molar-refractivity contribution in [1.29, 1.82) is 0 Å². The third kappa shape index (κ3) is 4.75. The van der Waals surface area contributed by atoms with Crippen LogP contribution < -0.4 is 4.74 Å². The number of aromatic nitrogens is 1. The molecule has 132 valence electrons. The molecule has 25 heavy (non-hydrogen) atoms. The van der Waals surface area contributed by atoms with Gasteiger partial charge in [0.1, 0.15) is 6.10 Å². The van der Waals surface area contributed by atoms with Crippen LogP contribution in [0.2, 0.25) is 0 Å². The van der Waals surface area contributed by atoms with E-state index in [1.807, 2.05) is 66.9 Å². The quantitative estimate of drug-likeness (QED) is 0.784. The van der Waals surface area contributed by atoms with Crippen LogP contribution in [0.25, 0.3) is 0 Å². The van der Waals surface area contributed by atoms with E-state index in [0.717, 1.165) is 23.5 Å². The van der Waals surface area contributed by atoms with Crippen molar-refractivity contribution in [2.45, 2.75) is 39.0 Å². The first-order chi connectivity index (χ1) is 12.1. The summed E-state index contributed by atoms with van der Waals surface area (Å²) < 4.78 is 5.86. The number of benzene rings is 1. The summed E-state index contributed by atoms with van der Waals surface area (Å²) >= 11 is 1.90. The molecule has 1 fully saturated rings. The fraction of sp³-hybridized carbons (Fsp3) is 0.400. The van der Waals surface area contributed by atoms with Crippen molar-refractivity contribution >= 4 is 17.7 Å². The summed E-state index contributed by atoms with van der Waals surface area (Å²) in [6, 6.07) is 13.8.